The van der Waals surface area contributed by atoms with Crippen molar-refractivity contribution in [2.24, 2.45) is 5.92 Å². The first-order chi connectivity index (χ1) is 8.81. The lowest BCUT2D eigenvalue weighted by Gasteiger charge is -2.12. The van der Waals surface area contributed by atoms with E-state index in [1.807, 2.05) is 0 Å². The van der Waals surface area contributed by atoms with Gasteiger partial charge in [0.25, 0.3) is 0 Å². The Balaban J connectivity index is 1.99. The fourth-order valence-electron chi connectivity index (χ4n) is 2.49. The lowest BCUT2D eigenvalue weighted by atomic mass is 10.0. The van der Waals surface area contributed by atoms with Crippen molar-refractivity contribution < 1.29 is 0 Å². The molecule has 0 fully saturated rings. The van der Waals surface area contributed by atoms with Gasteiger partial charge in [0, 0.05) is 6.54 Å². The average Bonchev–Trinajstić information content (AvgIpc) is 2.39. The number of hydrogen-bond donors (Lipinski definition) is 1. The molecule has 96 valence electrons. The summed E-state index contributed by atoms with van der Waals surface area (Å²) in [6.45, 7) is 6.65. The Kier molecular flexibility index (Phi) is 4.77. The van der Waals surface area contributed by atoms with Gasteiger partial charge >= 0.3 is 0 Å². The van der Waals surface area contributed by atoms with Crippen LogP contribution in [-0.4, -0.2) is 6.54 Å². The van der Waals surface area contributed by atoms with Gasteiger partial charge in [-0.15, -0.1) is 0 Å². The zero-order valence-corrected chi connectivity index (χ0v) is 11.4. The van der Waals surface area contributed by atoms with Crippen LogP contribution in [0.3, 0.4) is 0 Å². The fourth-order valence-corrected chi connectivity index (χ4v) is 2.49. The van der Waals surface area contributed by atoms with Crippen LogP contribution in [0.1, 0.15) is 32.3 Å². The Labute approximate surface area is 110 Å². The van der Waals surface area contributed by atoms with Crippen molar-refractivity contribution in [3.8, 4) is 0 Å². The molecule has 0 aromatic heterocycles. The van der Waals surface area contributed by atoms with E-state index in [1.165, 1.54) is 29.2 Å². The first-order valence-corrected chi connectivity index (χ1v) is 6.98. The van der Waals surface area contributed by atoms with E-state index in [-0.39, 0.29) is 0 Å². The maximum absolute atomic E-state index is 3.58. The molecular formula is C17H23N. The minimum Gasteiger partial charge on any atom is -0.312 e. The van der Waals surface area contributed by atoms with Gasteiger partial charge in [-0.05, 0) is 35.2 Å². The molecule has 0 aliphatic heterocycles. The Morgan fingerprint density at radius 2 is 1.83 bits per heavy atom. The lowest BCUT2D eigenvalue weighted by molar-refractivity contribution is 0.476. The first kappa shape index (κ1) is 13.1. The largest absolute Gasteiger partial charge is 0.312 e. The van der Waals surface area contributed by atoms with Crippen LogP contribution in [0.2, 0.25) is 0 Å². The van der Waals surface area contributed by atoms with E-state index in [4.69, 9.17) is 0 Å². The molecule has 1 unspecified atom stereocenters. The molecule has 0 aliphatic rings. The predicted octanol–water partition coefficient (Wildman–Crippen LogP) is 4.37. The van der Waals surface area contributed by atoms with Gasteiger partial charge in [-0.25, -0.2) is 0 Å². The molecule has 0 saturated carbocycles. The number of nitrogens with one attached hydrogen (secondary N) is 1. The van der Waals surface area contributed by atoms with Crippen molar-refractivity contribution >= 4 is 10.8 Å². The van der Waals surface area contributed by atoms with Crippen molar-refractivity contribution in [3.63, 3.8) is 0 Å². The van der Waals surface area contributed by atoms with Gasteiger partial charge in [0.15, 0.2) is 0 Å². The second kappa shape index (κ2) is 6.55. The summed E-state index contributed by atoms with van der Waals surface area (Å²) >= 11 is 0. The summed E-state index contributed by atoms with van der Waals surface area (Å²) in [6, 6.07) is 15.2. The molecule has 0 saturated heterocycles. The average molecular weight is 241 g/mol. The quantitative estimate of drug-likeness (QED) is 0.792. The van der Waals surface area contributed by atoms with Crippen molar-refractivity contribution in [2.45, 2.75) is 33.2 Å². The zero-order chi connectivity index (χ0) is 12.8. The molecule has 0 spiro atoms. The zero-order valence-electron chi connectivity index (χ0n) is 11.4. The first-order valence-electron chi connectivity index (χ1n) is 6.98. The SMILES string of the molecule is CCCC(C)CNCc1cccc2ccccc12. The maximum atomic E-state index is 3.58. The number of rotatable bonds is 6. The molecule has 0 amide bonds. The van der Waals surface area contributed by atoms with E-state index >= 15 is 0 Å². The third-order valence-corrected chi connectivity index (χ3v) is 3.47. The molecule has 0 aliphatic carbocycles. The second-order valence-corrected chi connectivity index (χ2v) is 5.16. The Bertz CT molecular complexity index is 484. The Morgan fingerprint density at radius 3 is 2.67 bits per heavy atom. The summed E-state index contributed by atoms with van der Waals surface area (Å²) in [7, 11) is 0. The summed E-state index contributed by atoms with van der Waals surface area (Å²) in [5.41, 5.74) is 1.40. The molecular weight excluding hydrogens is 218 g/mol. The molecule has 1 nitrogen and oxygen atoms in total. The molecule has 2 rings (SSSR count). The van der Waals surface area contributed by atoms with Crippen LogP contribution < -0.4 is 5.32 Å². The van der Waals surface area contributed by atoms with Crippen LogP contribution in [0, 0.1) is 5.92 Å². The third-order valence-electron chi connectivity index (χ3n) is 3.47. The summed E-state index contributed by atoms with van der Waals surface area (Å²) < 4.78 is 0. The fraction of sp³-hybridized carbons (Fsp3) is 0.412. The minimum absolute atomic E-state index is 0.768. The Hall–Kier alpha value is -1.34. The van der Waals surface area contributed by atoms with E-state index < -0.39 is 0 Å². The smallest absolute Gasteiger partial charge is 0.0211 e. The Morgan fingerprint density at radius 1 is 1.06 bits per heavy atom. The highest BCUT2D eigenvalue weighted by Gasteiger charge is 2.02. The van der Waals surface area contributed by atoms with E-state index in [0.717, 1.165) is 19.0 Å². The van der Waals surface area contributed by atoms with Gasteiger partial charge in [-0.2, -0.15) is 0 Å². The molecule has 0 bridgehead atoms. The van der Waals surface area contributed by atoms with Crippen LogP contribution in [0.4, 0.5) is 0 Å². The highest BCUT2D eigenvalue weighted by Crippen LogP contribution is 2.18. The molecule has 1 atom stereocenters. The topological polar surface area (TPSA) is 12.0 Å². The molecule has 0 heterocycles. The van der Waals surface area contributed by atoms with Crippen LogP contribution in [-0.2, 0) is 6.54 Å². The highest BCUT2D eigenvalue weighted by atomic mass is 14.9. The normalized spacial score (nSPS) is 12.8. The van der Waals surface area contributed by atoms with Gasteiger partial charge in [-0.1, -0.05) is 62.7 Å². The second-order valence-electron chi connectivity index (χ2n) is 5.16. The van der Waals surface area contributed by atoms with Gasteiger partial charge in [0.05, 0.1) is 0 Å². The molecule has 0 radical (unpaired) electrons. The molecule has 2 aromatic rings. The van der Waals surface area contributed by atoms with E-state index in [0.29, 0.717) is 0 Å². The summed E-state index contributed by atoms with van der Waals surface area (Å²) in [5.74, 6) is 0.768. The monoisotopic (exact) mass is 241 g/mol. The van der Waals surface area contributed by atoms with Crippen LogP contribution in [0.15, 0.2) is 42.5 Å². The molecule has 1 N–H and O–H groups in total. The molecule has 1 heteroatoms. The van der Waals surface area contributed by atoms with E-state index in [1.54, 1.807) is 0 Å². The third kappa shape index (κ3) is 3.33. The minimum atomic E-state index is 0.768. The number of hydrogen-bond acceptors (Lipinski definition) is 1. The van der Waals surface area contributed by atoms with Gasteiger partial charge in [0.1, 0.15) is 0 Å². The summed E-state index contributed by atoms with van der Waals surface area (Å²) in [5, 5.41) is 6.28. The van der Waals surface area contributed by atoms with Crippen LogP contribution in [0.25, 0.3) is 10.8 Å². The molecule has 18 heavy (non-hydrogen) atoms. The predicted molar refractivity (Wildman–Crippen MR) is 79.7 cm³/mol. The van der Waals surface area contributed by atoms with Crippen molar-refractivity contribution in [1.29, 1.82) is 0 Å². The summed E-state index contributed by atoms with van der Waals surface area (Å²) in [4.78, 5) is 0. The van der Waals surface area contributed by atoms with E-state index in [2.05, 4.69) is 61.6 Å². The van der Waals surface area contributed by atoms with Crippen molar-refractivity contribution in [3.05, 3.63) is 48.0 Å². The van der Waals surface area contributed by atoms with Crippen molar-refractivity contribution in [1.82, 2.24) is 5.32 Å². The maximum Gasteiger partial charge on any atom is 0.0211 e. The van der Waals surface area contributed by atoms with Gasteiger partial charge in [-0.3, -0.25) is 0 Å². The van der Waals surface area contributed by atoms with Crippen LogP contribution >= 0.6 is 0 Å². The number of benzene rings is 2. The summed E-state index contributed by atoms with van der Waals surface area (Å²) in [6.07, 6.45) is 2.58. The lowest BCUT2D eigenvalue weighted by Crippen LogP contribution is -2.20. The van der Waals surface area contributed by atoms with Crippen LogP contribution in [0.5, 0.6) is 0 Å². The number of fused-ring (bicyclic) bond motifs is 1. The van der Waals surface area contributed by atoms with Crippen molar-refractivity contribution in [2.75, 3.05) is 6.54 Å². The standard InChI is InChI=1S/C17H23N/c1-3-7-14(2)12-18-13-16-10-6-9-15-8-4-5-11-17(15)16/h4-6,8-11,14,18H,3,7,12-13H2,1-2H3. The molecule has 2 aromatic carbocycles. The highest BCUT2D eigenvalue weighted by molar-refractivity contribution is 5.85. The van der Waals surface area contributed by atoms with Gasteiger partial charge < -0.3 is 5.32 Å². The van der Waals surface area contributed by atoms with E-state index in [9.17, 15) is 0 Å². The van der Waals surface area contributed by atoms with Gasteiger partial charge in [0.2, 0.25) is 0 Å².